The molecule has 10 heavy (non-hydrogen) atoms. The Morgan fingerprint density at radius 1 is 1.40 bits per heavy atom. The normalized spacial score (nSPS) is 10.7. The van der Waals surface area contributed by atoms with Crippen LogP contribution < -0.4 is 16.8 Å². The monoisotopic (exact) mass is 143 g/mol. The standard InChI is InChI=1S/C5H9N3O2/c1-3(4(6)9)2-8-5(7)10/h2H,1H3,(H2,6,9)(H3,7,8,10)/b3-2+. The number of carbonyl (C=O) groups excluding carboxylic acids is 2. The summed E-state index contributed by atoms with van der Waals surface area (Å²) in [6, 6.07) is -0.722. The van der Waals surface area contributed by atoms with E-state index in [-0.39, 0.29) is 5.57 Å². The van der Waals surface area contributed by atoms with Crippen LogP contribution in [0.1, 0.15) is 6.92 Å². The van der Waals surface area contributed by atoms with E-state index in [1.54, 1.807) is 0 Å². The van der Waals surface area contributed by atoms with Crippen LogP contribution >= 0.6 is 0 Å². The van der Waals surface area contributed by atoms with Gasteiger partial charge in [-0.15, -0.1) is 0 Å². The van der Waals surface area contributed by atoms with Gasteiger partial charge in [-0.1, -0.05) is 0 Å². The van der Waals surface area contributed by atoms with E-state index in [0.717, 1.165) is 6.20 Å². The third-order valence-electron chi connectivity index (χ3n) is 0.820. The number of primary amides is 2. The molecule has 0 spiro atoms. The van der Waals surface area contributed by atoms with Gasteiger partial charge in [-0.05, 0) is 6.92 Å². The number of nitrogens with one attached hydrogen (secondary N) is 1. The van der Waals surface area contributed by atoms with E-state index in [2.05, 4.69) is 5.32 Å². The zero-order valence-corrected chi connectivity index (χ0v) is 5.55. The molecule has 0 aromatic rings. The fourth-order valence-corrected chi connectivity index (χ4v) is 0.251. The molecule has 0 saturated carbocycles. The first-order valence-electron chi connectivity index (χ1n) is 2.56. The highest BCUT2D eigenvalue weighted by Crippen LogP contribution is 1.84. The van der Waals surface area contributed by atoms with Gasteiger partial charge in [-0.25, -0.2) is 4.79 Å². The highest BCUT2D eigenvalue weighted by molar-refractivity contribution is 5.91. The minimum absolute atomic E-state index is 0.249. The second-order valence-electron chi connectivity index (χ2n) is 1.70. The van der Waals surface area contributed by atoms with Crippen molar-refractivity contribution in [1.82, 2.24) is 5.32 Å². The van der Waals surface area contributed by atoms with Gasteiger partial charge in [0, 0.05) is 11.8 Å². The molecule has 0 atom stereocenters. The molecule has 56 valence electrons. The third-order valence-corrected chi connectivity index (χ3v) is 0.820. The number of hydrogen-bond acceptors (Lipinski definition) is 2. The number of carbonyl (C=O) groups is 2. The molecule has 0 unspecified atom stereocenters. The molecule has 0 aliphatic rings. The number of nitrogens with two attached hydrogens (primary N) is 2. The van der Waals surface area contributed by atoms with Crippen LogP contribution in [-0.2, 0) is 4.79 Å². The number of rotatable bonds is 2. The maximum Gasteiger partial charge on any atom is 0.316 e. The summed E-state index contributed by atoms with van der Waals surface area (Å²) < 4.78 is 0. The van der Waals surface area contributed by atoms with Crippen LogP contribution in [0.2, 0.25) is 0 Å². The van der Waals surface area contributed by atoms with Crippen molar-refractivity contribution in [2.45, 2.75) is 6.92 Å². The van der Waals surface area contributed by atoms with Crippen molar-refractivity contribution in [3.8, 4) is 0 Å². The summed E-state index contributed by atoms with van der Waals surface area (Å²) in [5, 5.41) is 2.10. The largest absolute Gasteiger partial charge is 0.366 e. The van der Waals surface area contributed by atoms with E-state index in [0.29, 0.717) is 0 Å². The van der Waals surface area contributed by atoms with E-state index >= 15 is 0 Å². The summed E-state index contributed by atoms with van der Waals surface area (Å²) in [7, 11) is 0. The van der Waals surface area contributed by atoms with Crippen LogP contribution in [0.4, 0.5) is 4.79 Å². The summed E-state index contributed by atoms with van der Waals surface area (Å²) in [6.07, 6.45) is 1.16. The SMILES string of the molecule is C/C(=C\NC(N)=O)C(N)=O. The molecule has 0 aromatic heterocycles. The Kier molecular flexibility index (Phi) is 2.96. The lowest BCUT2D eigenvalue weighted by atomic mass is 10.3. The van der Waals surface area contributed by atoms with E-state index < -0.39 is 11.9 Å². The topological polar surface area (TPSA) is 98.2 Å². The highest BCUT2D eigenvalue weighted by atomic mass is 16.2. The molecule has 0 aromatic carbocycles. The van der Waals surface area contributed by atoms with Crippen LogP contribution in [0.3, 0.4) is 0 Å². The molecule has 5 nitrogen and oxygen atoms in total. The van der Waals surface area contributed by atoms with E-state index in [9.17, 15) is 9.59 Å². The van der Waals surface area contributed by atoms with Crippen LogP contribution in [0.25, 0.3) is 0 Å². The van der Waals surface area contributed by atoms with Crippen LogP contribution in [-0.4, -0.2) is 11.9 Å². The summed E-state index contributed by atoms with van der Waals surface area (Å²) in [5.74, 6) is -0.589. The van der Waals surface area contributed by atoms with Crippen molar-refractivity contribution in [2.24, 2.45) is 11.5 Å². The second kappa shape index (κ2) is 3.49. The van der Waals surface area contributed by atoms with Crippen molar-refractivity contribution in [2.75, 3.05) is 0 Å². The van der Waals surface area contributed by atoms with Crippen molar-refractivity contribution in [3.63, 3.8) is 0 Å². The smallest absolute Gasteiger partial charge is 0.316 e. The lowest BCUT2D eigenvalue weighted by Gasteiger charge is -1.93. The Balaban J connectivity index is 3.92. The van der Waals surface area contributed by atoms with Gasteiger partial charge >= 0.3 is 6.03 Å². The predicted molar refractivity (Wildman–Crippen MR) is 35.7 cm³/mol. The maximum absolute atomic E-state index is 10.3. The Labute approximate surface area is 58.1 Å². The fraction of sp³-hybridized carbons (Fsp3) is 0.200. The van der Waals surface area contributed by atoms with Gasteiger partial charge in [0.05, 0.1) is 0 Å². The van der Waals surface area contributed by atoms with Gasteiger partial charge in [0.25, 0.3) is 0 Å². The third kappa shape index (κ3) is 3.48. The van der Waals surface area contributed by atoms with Crippen LogP contribution in [0.15, 0.2) is 11.8 Å². The molecule has 5 N–H and O–H groups in total. The molecule has 3 amide bonds. The Bertz CT molecular complexity index is 185. The molecule has 0 aliphatic carbocycles. The van der Waals surface area contributed by atoms with Crippen molar-refractivity contribution in [1.29, 1.82) is 0 Å². The molecule has 0 heterocycles. The maximum atomic E-state index is 10.3. The molecule has 0 radical (unpaired) electrons. The Morgan fingerprint density at radius 2 is 1.90 bits per heavy atom. The molecule has 0 fully saturated rings. The van der Waals surface area contributed by atoms with Gasteiger partial charge in [0.1, 0.15) is 0 Å². The molecular weight excluding hydrogens is 134 g/mol. The quantitative estimate of drug-likeness (QED) is 0.434. The molecular formula is C5H9N3O2. The summed E-state index contributed by atoms with van der Waals surface area (Å²) in [4.78, 5) is 20.3. The summed E-state index contributed by atoms with van der Waals surface area (Å²) in [6.45, 7) is 1.47. The fourth-order valence-electron chi connectivity index (χ4n) is 0.251. The Morgan fingerprint density at radius 3 is 2.20 bits per heavy atom. The van der Waals surface area contributed by atoms with Gasteiger partial charge in [-0.3, -0.25) is 4.79 Å². The van der Waals surface area contributed by atoms with Gasteiger partial charge < -0.3 is 16.8 Å². The van der Waals surface area contributed by atoms with E-state index in [1.807, 2.05) is 0 Å². The highest BCUT2D eigenvalue weighted by Gasteiger charge is 1.95. The average Bonchev–Trinajstić information content (AvgIpc) is 1.82. The first-order chi connectivity index (χ1) is 4.54. The molecule has 5 heteroatoms. The number of urea groups is 1. The molecule has 0 saturated heterocycles. The first-order valence-corrected chi connectivity index (χ1v) is 2.56. The second-order valence-corrected chi connectivity index (χ2v) is 1.70. The average molecular weight is 143 g/mol. The van der Waals surface area contributed by atoms with Crippen molar-refractivity contribution in [3.05, 3.63) is 11.8 Å². The lowest BCUT2D eigenvalue weighted by Crippen LogP contribution is -2.26. The van der Waals surface area contributed by atoms with E-state index in [4.69, 9.17) is 11.5 Å². The van der Waals surface area contributed by atoms with Crippen LogP contribution in [0, 0.1) is 0 Å². The zero-order valence-electron chi connectivity index (χ0n) is 5.55. The molecule has 0 aliphatic heterocycles. The number of amides is 3. The minimum atomic E-state index is -0.722. The van der Waals surface area contributed by atoms with Crippen molar-refractivity contribution >= 4 is 11.9 Å². The lowest BCUT2D eigenvalue weighted by molar-refractivity contribution is -0.114. The summed E-state index contributed by atoms with van der Waals surface area (Å²) in [5.41, 5.74) is 9.77. The van der Waals surface area contributed by atoms with Crippen molar-refractivity contribution < 1.29 is 9.59 Å². The summed E-state index contributed by atoms with van der Waals surface area (Å²) >= 11 is 0. The zero-order chi connectivity index (χ0) is 8.15. The van der Waals surface area contributed by atoms with Gasteiger partial charge in [-0.2, -0.15) is 0 Å². The molecule has 0 bridgehead atoms. The number of hydrogen-bond donors (Lipinski definition) is 3. The van der Waals surface area contributed by atoms with Crippen LogP contribution in [0.5, 0.6) is 0 Å². The Hall–Kier alpha value is -1.52. The predicted octanol–water partition coefficient (Wildman–Crippen LogP) is -0.956. The van der Waals surface area contributed by atoms with E-state index in [1.165, 1.54) is 6.92 Å². The minimum Gasteiger partial charge on any atom is -0.366 e. The molecule has 0 rings (SSSR count). The van der Waals surface area contributed by atoms with Gasteiger partial charge in [0.15, 0.2) is 0 Å². The van der Waals surface area contributed by atoms with Gasteiger partial charge in [0.2, 0.25) is 5.91 Å². The first kappa shape index (κ1) is 8.48.